The number of carboxylic acids is 2. The van der Waals surface area contributed by atoms with Crippen LogP contribution in [0.4, 0.5) is 10.1 Å². The number of carbonyl (C=O) groups is 2. The number of aromatic nitrogens is 5. The summed E-state index contributed by atoms with van der Waals surface area (Å²) >= 11 is 0. The molecule has 0 unspecified atom stereocenters. The fourth-order valence-corrected chi connectivity index (χ4v) is 3.28. The molecule has 3 heterocycles. The van der Waals surface area contributed by atoms with Crippen LogP contribution in [0.25, 0.3) is 22.9 Å². The molecule has 0 atom stereocenters. The maximum absolute atomic E-state index is 14.3. The molecule has 14 heteroatoms. The van der Waals surface area contributed by atoms with Gasteiger partial charge in [-0.05, 0) is 19.1 Å². The van der Waals surface area contributed by atoms with Gasteiger partial charge in [-0.15, -0.1) is 0 Å². The fourth-order valence-electron chi connectivity index (χ4n) is 3.28. The van der Waals surface area contributed by atoms with Gasteiger partial charge < -0.3 is 14.7 Å². The Hall–Kier alpha value is -5.01. The monoisotopic (exact) mass is 482 g/mol. The average molecular weight is 482 g/mol. The van der Waals surface area contributed by atoms with Gasteiger partial charge in [0.1, 0.15) is 29.7 Å². The van der Waals surface area contributed by atoms with Gasteiger partial charge >= 0.3 is 17.6 Å². The van der Waals surface area contributed by atoms with Crippen LogP contribution in [-0.4, -0.2) is 52.0 Å². The van der Waals surface area contributed by atoms with Crippen molar-refractivity contribution in [2.45, 2.75) is 18.9 Å². The molecule has 4 aromatic rings. The highest BCUT2D eigenvalue weighted by Crippen LogP contribution is 2.33. The van der Waals surface area contributed by atoms with Crippen LogP contribution in [0.5, 0.6) is 0 Å². The molecule has 0 fully saturated rings. The lowest BCUT2D eigenvalue weighted by molar-refractivity contribution is -0.386. The first-order valence-corrected chi connectivity index (χ1v) is 9.84. The number of hydrogen-bond donors (Lipinski definition) is 2. The number of hydrogen-bond acceptors (Lipinski definition) is 9. The van der Waals surface area contributed by atoms with Crippen LogP contribution < -0.4 is 0 Å². The first kappa shape index (κ1) is 23.2. The van der Waals surface area contributed by atoms with Crippen LogP contribution >= 0.6 is 0 Å². The first-order valence-electron chi connectivity index (χ1n) is 9.84. The molecular weight excluding hydrogens is 467 g/mol. The van der Waals surface area contributed by atoms with Gasteiger partial charge in [-0.25, -0.2) is 14.4 Å². The average Bonchev–Trinajstić information content (AvgIpc) is 3.49. The van der Waals surface area contributed by atoms with Crippen molar-refractivity contribution >= 4 is 17.6 Å². The van der Waals surface area contributed by atoms with E-state index in [2.05, 4.69) is 20.2 Å². The zero-order valence-corrected chi connectivity index (χ0v) is 17.8. The van der Waals surface area contributed by atoms with Gasteiger partial charge in [-0.2, -0.15) is 5.10 Å². The van der Waals surface area contributed by atoms with E-state index >= 15 is 0 Å². The van der Waals surface area contributed by atoms with Crippen molar-refractivity contribution < 1.29 is 33.6 Å². The third-order valence-electron chi connectivity index (χ3n) is 5.28. The van der Waals surface area contributed by atoms with E-state index < -0.39 is 39.5 Å². The van der Waals surface area contributed by atoms with Gasteiger partial charge in [-0.3, -0.25) is 24.4 Å². The Morgan fingerprint density at radius 1 is 1.20 bits per heavy atom. The zero-order chi connectivity index (χ0) is 25.3. The van der Waals surface area contributed by atoms with Crippen LogP contribution in [0, 0.1) is 15.9 Å². The molecule has 2 N–H and O–H groups in total. The van der Waals surface area contributed by atoms with E-state index in [1.165, 1.54) is 35.2 Å². The van der Waals surface area contributed by atoms with E-state index in [4.69, 9.17) is 4.52 Å². The van der Waals surface area contributed by atoms with Crippen molar-refractivity contribution in [2.24, 2.45) is 0 Å². The molecule has 178 valence electrons. The normalized spacial score (nSPS) is 11.4. The Kier molecular flexibility index (Phi) is 5.78. The molecule has 0 bridgehead atoms. The molecule has 0 aliphatic heterocycles. The minimum Gasteiger partial charge on any atom is -0.480 e. The highest BCUT2D eigenvalue weighted by Gasteiger charge is 2.50. The van der Waals surface area contributed by atoms with Crippen molar-refractivity contribution in [3.8, 4) is 22.9 Å². The summed E-state index contributed by atoms with van der Waals surface area (Å²) in [7, 11) is 0. The highest BCUT2D eigenvalue weighted by atomic mass is 19.1. The van der Waals surface area contributed by atoms with E-state index in [1.807, 2.05) is 0 Å². The lowest BCUT2D eigenvalue weighted by Gasteiger charge is -2.18. The van der Waals surface area contributed by atoms with Gasteiger partial charge in [0.25, 0.3) is 0 Å². The van der Waals surface area contributed by atoms with Crippen molar-refractivity contribution in [2.75, 3.05) is 0 Å². The Balaban J connectivity index is 1.89. The van der Waals surface area contributed by atoms with Gasteiger partial charge in [0.2, 0.25) is 5.41 Å². The molecule has 1 aromatic carbocycles. The Labute approximate surface area is 194 Å². The third-order valence-corrected chi connectivity index (χ3v) is 5.28. The number of halogens is 1. The number of carboxylic acid groups (broad SMARTS) is 2. The smallest absolute Gasteiger partial charge is 0.327 e. The summed E-state index contributed by atoms with van der Waals surface area (Å²) in [5.41, 5.74) is -3.49. The second-order valence-corrected chi connectivity index (χ2v) is 7.47. The fraction of sp³-hybridized carbons (Fsp3) is 0.143. The van der Waals surface area contributed by atoms with E-state index in [-0.39, 0.29) is 18.1 Å². The zero-order valence-electron chi connectivity index (χ0n) is 17.8. The van der Waals surface area contributed by atoms with E-state index in [1.54, 1.807) is 12.1 Å². The molecule has 0 aliphatic rings. The van der Waals surface area contributed by atoms with Crippen LogP contribution in [0.2, 0.25) is 0 Å². The third kappa shape index (κ3) is 4.07. The number of rotatable bonds is 8. The van der Waals surface area contributed by atoms with Gasteiger partial charge in [-0.1, -0.05) is 23.4 Å². The SMILES string of the molecule is CC(C(=O)O)(C(=O)O)c1nc(-c2cc(-c3ccon3)n(Cc3ccccc3F)n2)ncc1[N+](=O)[O-]. The van der Waals surface area contributed by atoms with Crippen molar-refractivity contribution in [1.29, 1.82) is 0 Å². The molecule has 35 heavy (non-hydrogen) atoms. The number of nitro groups is 1. The Morgan fingerprint density at radius 2 is 1.91 bits per heavy atom. The molecular formula is C21H15FN6O7. The molecule has 0 saturated carbocycles. The Bertz CT molecular complexity index is 1440. The quantitative estimate of drug-likeness (QED) is 0.213. The first-order chi connectivity index (χ1) is 16.6. The number of aliphatic carboxylic acids is 2. The van der Waals surface area contributed by atoms with Gasteiger partial charge in [0, 0.05) is 11.6 Å². The van der Waals surface area contributed by atoms with Gasteiger partial charge in [0.15, 0.2) is 11.5 Å². The van der Waals surface area contributed by atoms with Crippen LogP contribution in [0.15, 0.2) is 53.4 Å². The highest BCUT2D eigenvalue weighted by molar-refractivity contribution is 6.04. The summed E-state index contributed by atoms with van der Waals surface area (Å²) in [4.78, 5) is 41.9. The molecule has 3 aromatic heterocycles. The summed E-state index contributed by atoms with van der Waals surface area (Å²) in [5.74, 6) is -4.48. The summed E-state index contributed by atoms with van der Waals surface area (Å²) in [6.07, 6.45) is 2.02. The minimum absolute atomic E-state index is 0.00798. The van der Waals surface area contributed by atoms with Crippen molar-refractivity contribution in [1.82, 2.24) is 24.9 Å². The number of benzene rings is 1. The maximum atomic E-state index is 14.3. The lowest BCUT2D eigenvalue weighted by atomic mass is 9.85. The summed E-state index contributed by atoms with van der Waals surface area (Å²) in [5, 5.41) is 38.8. The van der Waals surface area contributed by atoms with Gasteiger partial charge in [0.05, 0.1) is 17.2 Å². The molecule has 0 amide bonds. The van der Waals surface area contributed by atoms with E-state index in [0.717, 1.165) is 6.92 Å². The molecule has 0 radical (unpaired) electrons. The second-order valence-electron chi connectivity index (χ2n) is 7.47. The predicted molar refractivity (Wildman–Crippen MR) is 114 cm³/mol. The Morgan fingerprint density at radius 3 is 2.51 bits per heavy atom. The largest absolute Gasteiger partial charge is 0.480 e. The minimum atomic E-state index is -2.75. The molecule has 0 spiro atoms. The molecule has 4 rings (SSSR count). The summed E-state index contributed by atoms with van der Waals surface area (Å²) < 4.78 is 20.5. The molecule has 0 aliphatic carbocycles. The predicted octanol–water partition coefficient (Wildman–Crippen LogP) is 2.52. The standard InChI is InChI=1S/C21H15FN6O7/c1-21(19(29)30,20(31)32)17-16(28(33)34)9-23-18(24-17)14-8-15(13-6-7-35-26-13)27(25-14)10-11-4-2-3-5-12(11)22/h2-9H,10H2,1H3,(H,29,30)(H,31,32). The topological polar surface area (TPSA) is 187 Å². The van der Waals surface area contributed by atoms with E-state index in [0.29, 0.717) is 23.1 Å². The van der Waals surface area contributed by atoms with Crippen LogP contribution in [0.1, 0.15) is 18.2 Å². The van der Waals surface area contributed by atoms with E-state index in [9.17, 15) is 34.3 Å². The summed E-state index contributed by atoms with van der Waals surface area (Å²) in [6.45, 7) is 0.741. The summed E-state index contributed by atoms with van der Waals surface area (Å²) in [6, 6.07) is 8.95. The van der Waals surface area contributed by atoms with Crippen molar-refractivity contribution in [3.05, 3.63) is 76.0 Å². The van der Waals surface area contributed by atoms with Crippen molar-refractivity contribution in [3.63, 3.8) is 0 Å². The molecule has 0 saturated heterocycles. The maximum Gasteiger partial charge on any atom is 0.327 e. The lowest BCUT2D eigenvalue weighted by Crippen LogP contribution is -2.42. The van der Waals surface area contributed by atoms with Crippen LogP contribution in [0.3, 0.4) is 0 Å². The van der Waals surface area contributed by atoms with Crippen LogP contribution in [-0.2, 0) is 21.5 Å². The second kappa shape index (κ2) is 8.74. The number of nitrogens with zero attached hydrogens (tertiary/aromatic N) is 6. The molecule has 13 nitrogen and oxygen atoms in total.